The second-order valence-corrected chi connectivity index (χ2v) is 4.19. The number of hydrogen-bond acceptors (Lipinski definition) is 1. The smallest absolute Gasteiger partial charge is 0.0161 e. The predicted molar refractivity (Wildman–Crippen MR) is 38.0 cm³/mol. The molecule has 2 saturated carbocycles. The predicted octanol–water partition coefficient (Wildman–Crippen LogP) is 1.38. The van der Waals surface area contributed by atoms with Crippen molar-refractivity contribution in [2.75, 3.05) is 0 Å². The molecule has 0 saturated heterocycles. The molecule has 2 fully saturated rings. The topological polar surface area (TPSA) is 26.0 Å². The molecule has 2 aliphatic carbocycles. The van der Waals surface area contributed by atoms with Gasteiger partial charge in [0.15, 0.2) is 0 Å². The zero-order valence-corrected chi connectivity index (χ0v) is 6.22. The lowest BCUT2D eigenvalue weighted by Gasteiger charge is -1.99. The second kappa shape index (κ2) is 1.34. The first-order valence-corrected chi connectivity index (χ1v) is 3.90. The third-order valence-corrected chi connectivity index (χ3v) is 3.04. The Balaban J connectivity index is 1.92. The highest BCUT2D eigenvalue weighted by Gasteiger charge is 2.57. The molecule has 2 aliphatic rings. The van der Waals surface area contributed by atoms with Gasteiger partial charge >= 0.3 is 0 Å². The molecule has 0 bridgehead atoms. The Kier molecular flexibility index (Phi) is 0.852. The van der Waals surface area contributed by atoms with E-state index in [1.807, 2.05) is 0 Å². The van der Waals surface area contributed by atoms with Crippen molar-refractivity contribution in [3.8, 4) is 0 Å². The van der Waals surface area contributed by atoms with Gasteiger partial charge in [-0.3, -0.25) is 0 Å². The fraction of sp³-hybridized carbons (Fsp3) is 1.00. The minimum absolute atomic E-state index is 0.232. The van der Waals surface area contributed by atoms with Crippen LogP contribution in [-0.4, -0.2) is 5.54 Å². The third kappa shape index (κ3) is 0.787. The molecule has 0 aliphatic heterocycles. The van der Waals surface area contributed by atoms with E-state index in [1.165, 1.54) is 12.8 Å². The van der Waals surface area contributed by atoms with Crippen LogP contribution in [0.25, 0.3) is 0 Å². The average Bonchev–Trinajstić information content (AvgIpc) is 2.50. The number of rotatable bonds is 1. The van der Waals surface area contributed by atoms with Crippen LogP contribution in [0.5, 0.6) is 0 Å². The first-order chi connectivity index (χ1) is 4.11. The van der Waals surface area contributed by atoms with Gasteiger partial charge in [0.1, 0.15) is 0 Å². The van der Waals surface area contributed by atoms with Gasteiger partial charge < -0.3 is 5.73 Å². The summed E-state index contributed by atoms with van der Waals surface area (Å²) in [6.45, 7) is 4.52. The van der Waals surface area contributed by atoms with E-state index in [4.69, 9.17) is 5.73 Å². The molecule has 52 valence electrons. The van der Waals surface area contributed by atoms with E-state index in [0.29, 0.717) is 0 Å². The maximum Gasteiger partial charge on any atom is 0.0161 e. The molecule has 0 aromatic carbocycles. The van der Waals surface area contributed by atoms with E-state index >= 15 is 0 Å². The molecular formula is C8H15N. The van der Waals surface area contributed by atoms with Crippen molar-refractivity contribution in [2.45, 2.75) is 32.2 Å². The molecule has 0 heterocycles. The van der Waals surface area contributed by atoms with Gasteiger partial charge in [-0.05, 0) is 37.5 Å². The molecule has 2 N–H and O–H groups in total. The standard InChI is InChI=1S/C8H15N/c1-5-3-6(5)7-4-8(7,2)9/h5-7H,3-4,9H2,1-2H3. The summed E-state index contributed by atoms with van der Waals surface area (Å²) in [5, 5.41) is 0. The fourth-order valence-corrected chi connectivity index (χ4v) is 1.97. The van der Waals surface area contributed by atoms with Crippen LogP contribution in [0.15, 0.2) is 0 Å². The van der Waals surface area contributed by atoms with Gasteiger partial charge in [0.25, 0.3) is 0 Å². The molecular weight excluding hydrogens is 110 g/mol. The highest BCUT2D eigenvalue weighted by molar-refractivity contribution is 5.11. The summed E-state index contributed by atoms with van der Waals surface area (Å²) < 4.78 is 0. The van der Waals surface area contributed by atoms with Crippen LogP contribution in [-0.2, 0) is 0 Å². The Bertz CT molecular complexity index is 140. The van der Waals surface area contributed by atoms with Gasteiger partial charge in [-0.2, -0.15) is 0 Å². The zero-order chi connectivity index (χ0) is 6.65. The molecule has 1 heteroatoms. The van der Waals surface area contributed by atoms with E-state index in [-0.39, 0.29) is 5.54 Å². The molecule has 1 nitrogen and oxygen atoms in total. The lowest BCUT2D eigenvalue weighted by Crippen LogP contribution is -2.20. The normalized spacial score (nSPS) is 63.7. The van der Waals surface area contributed by atoms with Crippen LogP contribution in [0.3, 0.4) is 0 Å². The van der Waals surface area contributed by atoms with Gasteiger partial charge in [-0.1, -0.05) is 6.92 Å². The summed E-state index contributed by atoms with van der Waals surface area (Å²) in [7, 11) is 0. The van der Waals surface area contributed by atoms with E-state index in [2.05, 4.69) is 13.8 Å². The third-order valence-electron chi connectivity index (χ3n) is 3.04. The van der Waals surface area contributed by atoms with E-state index in [9.17, 15) is 0 Å². The van der Waals surface area contributed by atoms with Crippen molar-refractivity contribution in [3.63, 3.8) is 0 Å². The van der Waals surface area contributed by atoms with Crippen molar-refractivity contribution in [3.05, 3.63) is 0 Å². The number of hydrogen-bond donors (Lipinski definition) is 1. The van der Waals surface area contributed by atoms with Crippen LogP contribution >= 0.6 is 0 Å². The van der Waals surface area contributed by atoms with Gasteiger partial charge in [-0.25, -0.2) is 0 Å². The molecule has 2 rings (SSSR count). The minimum atomic E-state index is 0.232. The highest BCUT2D eigenvalue weighted by Crippen LogP contribution is 2.58. The van der Waals surface area contributed by atoms with Crippen molar-refractivity contribution in [2.24, 2.45) is 23.5 Å². The molecule has 0 spiro atoms. The Morgan fingerprint density at radius 1 is 1.56 bits per heavy atom. The summed E-state index contributed by atoms with van der Waals surface area (Å²) in [5.41, 5.74) is 6.14. The Morgan fingerprint density at radius 3 is 2.11 bits per heavy atom. The largest absolute Gasteiger partial charge is 0.325 e. The molecule has 4 atom stereocenters. The van der Waals surface area contributed by atoms with Crippen LogP contribution in [0.1, 0.15) is 26.7 Å². The average molecular weight is 125 g/mol. The second-order valence-electron chi connectivity index (χ2n) is 4.19. The monoisotopic (exact) mass is 125 g/mol. The summed E-state index contributed by atoms with van der Waals surface area (Å²) in [4.78, 5) is 0. The lowest BCUT2D eigenvalue weighted by molar-refractivity contribution is 0.563. The maximum absolute atomic E-state index is 5.91. The van der Waals surface area contributed by atoms with Crippen LogP contribution in [0.2, 0.25) is 0 Å². The van der Waals surface area contributed by atoms with Crippen molar-refractivity contribution in [1.82, 2.24) is 0 Å². The van der Waals surface area contributed by atoms with E-state index in [0.717, 1.165) is 17.8 Å². The molecule has 0 aromatic rings. The van der Waals surface area contributed by atoms with Gasteiger partial charge in [0, 0.05) is 5.54 Å². The van der Waals surface area contributed by atoms with Gasteiger partial charge in [0.2, 0.25) is 0 Å². The SMILES string of the molecule is CC1CC1C1CC1(C)N. The van der Waals surface area contributed by atoms with Gasteiger partial charge in [0.05, 0.1) is 0 Å². The Morgan fingerprint density at radius 2 is 2.00 bits per heavy atom. The summed E-state index contributed by atoms with van der Waals surface area (Å²) >= 11 is 0. The van der Waals surface area contributed by atoms with E-state index < -0.39 is 0 Å². The minimum Gasteiger partial charge on any atom is -0.325 e. The van der Waals surface area contributed by atoms with E-state index in [1.54, 1.807) is 0 Å². The maximum atomic E-state index is 5.91. The van der Waals surface area contributed by atoms with Crippen molar-refractivity contribution >= 4 is 0 Å². The lowest BCUT2D eigenvalue weighted by atomic mass is 10.1. The summed E-state index contributed by atoms with van der Waals surface area (Å²) in [6.07, 6.45) is 2.72. The first kappa shape index (κ1) is 5.72. The summed E-state index contributed by atoms with van der Waals surface area (Å²) in [6, 6.07) is 0. The molecule has 0 radical (unpaired) electrons. The quantitative estimate of drug-likeness (QED) is 0.563. The molecule has 0 amide bonds. The van der Waals surface area contributed by atoms with Gasteiger partial charge in [-0.15, -0.1) is 0 Å². The Labute approximate surface area is 56.6 Å². The molecule has 4 unspecified atom stereocenters. The van der Waals surface area contributed by atoms with Crippen LogP contribution in [0.4, 0.5) is 0 Å². The Hall–Kier alpha value is -0.0400. The van der Waals surface area contributed by atoms with Crippen LogP contribution < -0.4 is 5.73 Å². The highest BCUT2D eigenvalue weighted by atomic mass is 14.9. The number of nitrogens with two attached hydrogens (primary N) is 1. The fourth-order valence-electron chi connectivity index (χ4n) is 1.97. The first-order valence-electron chi connectivity index (χ1n) is 3.90. The van der Waals surface area contributed by atoms with Crippen molar-refractivity contribution in [1.29, 1.82) is 0 Å². The van der Waals surface area contributed by atoms with Crippen LogP contribution in [0, 0.1) is 17.8 Å². The molecule has 9 heavy (non-hydrogen) atoms. The van der Waals surface area contributed by atoms with Crippen molar-refractivity contribution < 1.29 is 0 Å². The zero-order valence-electron chi connectivity index (χ0n) is 6.22. The molecule has 0 aromatic heterocycles. The summed E-state index contributed by atoms with van der Waals surface area (Å²) in [5.74, 6) is 2.87.